The minimum Gasteiger partial charge on any atom is -0.366 e. The van der Waals surface area contributed by atoms with Gasteiger partial charge in [-0.05, 0) is 19.1 Å². The lowest BCUT2D eigenvalue weighted by Crippen LogP contribution is -2.50. The van der Waals surface area contributed by atoms with Gasteiger partial charge in [-0.2, -0.15) is 0 Å². The molecule has 2 atom stereocenters. The lowest BCUT2D eigenvalue weighted by atomic mass is 10.1. The number of pyridine rings is 1. The maximum Gasteiger partial charge on any atom is 0.206 e. The molecule has 2 N–H and O–H groups in total. The van der Waals surface area contributed by atoms with E-state index in [1.807, 2.05) is 18.2 Å². The lowest BCUT2D eigenvalue weighted by Gasteiger charge is -2.36. The first kappa shape index (κ1) is 13.5. The Morgan fingerprint density at radius 2 is 2.25 bits per heavy atom. The maximum absolute atomic E-state index is 11.4. The molecule has 0 bridgehead atoms. The zero-order chi connectivity index (χ0) is 14.1. The van der Waals surface area contributed by atoms with Crippen molar-refractivity contribution < 1.29 is 8.76 Å². The second-order valence-electron chi connectivity index (χ2n) is 4.98. The molecule has 1 aliphatic rings. The molecule has 1 fully saturated rings. The third-order valence-electron chi connectivity index (χ3n) is 3.72. The molecule has 106 valence electrons. The standard InChI is InChI=1S/C14H17N3O2S/c1-10-9-15-7-8-17(10)13-4-2-3-12-11(13)5-6-16-14(12)20(18)19/h2-6,10,15H,7-9H2,1H3,(H,18,19). The van der Waals surface area contributed by atoms with Gasteiger partial charge in [-0.3, -0.25) is 0 Å². The zero-order valence-electron chi connectivity index (χ0n) is 11.2. The van der Waals surface area contributed by atoms with Gasteiger partial charge in [0.25, 0.3) is 0 Å². The van der Waals surface area contributed by atoms with Gasteiger partial charge in [-0.1, -0.05) is 12.1 Å². The molecule has 0 aliphatic carbocycles. The first-order chi connectivity index (χ1) is 9.68. The monoisotopic (exact) mass is 291 g/mol. The predicted molar refractivity (Wildman–Crippen MR) is 80.5 cm³/mol. The molecule has 1 aliphatic heterocycles. The average molecular weight is 291 g/mol. The number of fused-ring (bicyclic) bond motifs is 1. The molecule has 0 radical (unpaired) electrons. The Morgan fingerprint density at radius 3 is 3.00 bits per heavy atom. The fourth-order valence-corrected chi connectivity index (χ4v) is 3.27. The summed E-state index contributed by atoms with van der Waals surface area (Å²) in [6.45, 7) is 5.00. The van der Waals surface area contributed by atoms with Crippen LogP contribution in [0.25, 0.3) is 10.8 Å². The van der Waals surface area contributed by atoms with Gasteiger partial charge in [0.1, 0.15) is 0 Å². The van der Waals surface area contributed by atoms with Crippen LogP contribution < -0.4 is 10.2 Å². The first-order valence-corrected chi connectivity index (χ1v) is 7.75. The molecular formula is C14H17N3O2S. The van der Waals surface area contributed by atoms with Crippen molar-refractivity contribution in [3.63, 3.8) is 0 Å². The number of nitrogens with one attached hydrogen (secondary N) is 1. The highest BCUT2D eigenvalue weighted by molar-refractivity contribution is 7.79. The smallest absolute Gasteiger partial charge is 0.206 e. The molecule has 1 aromatic carbocycles. The van der Waals surface area contributed by atoms with Crippen molar-refractivity contribution in [3.8, 4) is 0 Å². The number of rotatable bonds is 2. The molecule has 5 nitrogen and oxygen atoms in total. The molecular weight excluding hydrogens is 274 g/mol. The third-order valence-corrected chi connectivity index (χ3v) is 4.38. The number of anilines is 1. The number of hydrogen-bond donors (Lipinski definition) is 2. The summed E-state index contributed by atoms with van der Waals surface area (Å²) < 4.78 is 20.8. The van der Waals surface area contributed by atoms with Crippen LogP contribution in [0, 0.1) is 0 Å². The van der Waals surface area contributed by atoms with Crippen molar-refractivity contribution in [1.82, 2.24) is 10.3 Å². The highest BCUT2D eigenvalue weighted by Crippen LogP contribution is 2.30. The van der Waals surface area contributed by atoms with Crippen LogP contribution in [0.2, 0.25) is 0 Å². The fourth-order valence-electron chi connectivity index (χ4n) is 2.75. The number of hydrogen-bond acceptors (Lipinski definition) is 4. The summed E-state index contributed by atoms with van der Waals surface area (Å²) in [6.07, 6.45) is 1.60. The molecule has 2 unspecified atom stereocenters. The van der Waals surface area contributed by atoms with E-state index in [9.17, 15) is 8.76 Å². The molecule has 2 aromatic rings. The largest absolute Gasteiger partial charge is 0.366 e. The highest BCUT2D eigenvalue weighted by atomic mass is 32.2. The van der Waals surface area contributed by atoms with E-state index in [1.165, 1.54) is 0 Å². The van der Waals surface area contributed by atoms with Crippen molar-refractivity contribution in [3.05, 3.63) is 30.5 Å². The van der Waals surface area contributed by atoms with E-state index in [0.29, 0.717) is 6.04 Å². The molecule has 0 spiro atoms. The van der Waals surface area contributed by atoms with E-state index in [0.717, 1.165) is 36.1 Å². The van der Waals surface area contributed by atoms with Gasteiger partial charge in [-0.15, -0.1) is 0 Å². The zero-order valence-corrected chi connectivity index (χ0v) is 12.1. The summed E-state index contributed by atoms with van der Waals surface area (Å²) in [6, 6.07) is 8.14. The van der Waals surface area contributed by atoms with Gasteiger partial charge >= 0.3 is 0 Å². The number of benzene rings is 1. The van der Waals surface area contributed by atoms with E-state index < -0.39 is 11.1 Å². The van der Waals surface area contributed by atoms with E-state index in [4.69, 9.17) is 0 Å². The fraction of sp³-hybridized carbons (Fsp3) is 0.357. The van der Waals surface area contributed by atoms with Gasteiger partial charge in [0.15, 0.2) is 5.03 Å². The van der Waals surface area contributed by atoms with E-state index >= 15 is 0 Å². The maximum atomic E-state index is 11.4. The van der Waals surface area contributed by atoms with Crippen molar-refractivity contribution in [2.24, 2.45) is 0 Å². The summed E-state index contributed by atoms with van der Waals surface area (Å²) in [5, 5.41) is 5.33. The first-order valence-electron chi connectivity index (χ1n) is 6.64. The molecule has 0 amide bonds. The third kappa shape index (κ3) is 2.30. The minimum absolute atomic E-state index is 0.229. The normalized spacial score (nSPS) is 21.1. The highest BCUT2D eigenvalue weighted by Gasteiger charge is 2.20. The number of aromatic nitrogens is 1. The Morgan fingerprint density at radius 1 is 1.40 bits per heavy atom. The van der Waals surface area contributed by atoms with Crippen molar-refractivity contribution in [2.45, 2.75) is 18.0 Å². The van der Waals surface area contributed by atoms with E-state index in [2.05, 4.69) is 28.2 Å². The van der Waals surface area contributed by atoms with Crippen LogP contribution in [0.3, 0.4) is 0 Å². The SMILES string of the molecule is CC1CNCCN1c1cccc2c(S(=O)O)nccc12. The summed E-state index contributed by atoms with van der Waals surface area (Å²) in [4.78, 5) is 6.37. The van der Waals surface area contributed by atoms with E-state index in [-0.39, 0.29) is 5.03 Å². The second kappa shape index (κ2) is 5.47. The van der Waals surface area contributed by atoms with Crippen LogP contribution in [-0.2, 0) is 11.1 Å². The van der Waals surface area contributed by atoms with Gasteiger partial charge in [0, 0.05) is 48.3 Å². The van der Waals surface area contributed by atoms with Crippen LogP contribution in [0.1, 0.15) is 6.92 Å². The Kier molecular flexibility index (Phi) is 3.69. The molecule has 6 heteroatoms. The number of piperazine rings is 1. The van der Waals surface area contributed by atoms with E-state index in [1.54, 1.807) is 6.20 Å². The van der Waals surface area contributed by atoms with Gasteiger partial charge in [0.05, 0.1) is 0 Å². The Hall–Kier alpha value is -1.50. The van der Waals surface area contributed by atoms with Gasteiger partial charge in [0.2, 0.25) is 11.1 Å². The summed E-state index contributed by atoms with van der Waals surface area (Å²) in [7, 11) is 0. The molecule has 2 heterocycles. The molecule has 1 aromatic heterocycles. The molecule has 1 saturated heterocycles. The van der Waals surface area contributed by atoms with Crippen LogP contribution >= 0.6 is 0 Å². The lowest BCUT2D eigenvalue weighted by molar-refractivity contribution is 0.502. The van der Waals surface area contributed by atoms with Crippen molar-refractivity contribution >= 4 is 27.5 Å². The summed E-state index contributed by atoms with van der Waals surface area (Å²) >= 11 is -2.07. The second-order valence-corrected chi connectivity index (χ2v) is 5.87. The minimum atomic E-state index is -2.07. The molecule has 0 saturated carbocycles. The predicted octanol–water partition coefficient (Wildman–Crippen LogP) is 1.61. The Bertz CT molecular complexity index is 662. The summed E-state index contributed by atoms with van der Waals surface area (Å²) in [5.74, 6) is 0. The summed E-state index contributed by atoms with van der Waals surface area (Å²) in [5.41, 5.74) is 1.10. The molecule has 3 rings (SSSR count). The van der Waals surface area contributed by atoms with Crippen LogP contribution in [0.4, 0.5) is 5.69 Å². The van der Waals surface area contributed by atoms with Crippen molar-refractivity contribution in [2.75, 3.05) is 24.5 Å². The van der Waals surface area contributed by atoms with Crippen LogP contribution in [-0.4, -0.2) is 39.4 Å². The topological polar surface area (TPSA) is 65.5 Å². The Balaban J connectivity index is 2.16. The van der Waals surface area contributed by atoms with Gasteiger partial charge in [-0.25, -0.2) is 9.19 Å². The van der Waals surface area contributed by atoms with Crippen molar-refractivity contribution in [1.29, 1.82) is 0 Å². The van der Waals surface area contributed by atoms with Crippen LogP contribution in [0.5, 0.6) is 0 Å². The quantitative estimate of drug-likeness (QED) is 0.823. The Labute approximate surface area is 120 Å². The number of nitrogens with zero attached hydrogens (tertiary/aromatic N) is 2. The average Bonchev–Trinajstić information content (AvgIpc) is 2.46. The molecule has 20 heavy (non-hydrogen) atoms. The van der Waals surface area contributed by atoms with Gasteiger partial charge < -0.3 is 14.8 Å². The van der Waals surface area contributed by atoms with Crippen LogP contribution in [0.15, 0.2) is 35.5 Å².